The minimum atomic E-state index is -0.254. The highest BCUT2D eigenvalue weighted by atomic mass is 35.5. The molecule has 3 aromatic rings. The van der Waals surface area contributed by atoms with Gasteiger partial charge in [0.05, 0.1) is 34.3 Å². The predicted octanol–water partition coefficient (Wildman–Crippen LogP) is 3.83. The number of ether oxygens (including phenoxy) is 2. The maximum atomic E-state index is 9.82. The lowest BCUT2D eigenvalue weighted by atomic mass is 9.91. The molecule has 8 nitrogen and oxygen atoms in total. The van der Waals surface area contributed by atoms with E-state index in [0.29, 0.717) is 53.4 Å². The largest absolute Gasteiger partial charge is 0.493 e. The van der Waals surface area contributed by atoms with E-state index in [4.69, 9.17) is 26.8 Å². The Bertz CT molecular complexity index is 1160. The maximum Gasteiger partial charge on any atom is 0.164 e. The summed E-state index contributed by atoms with van der Waals surface area (Å²) in [7, 11) is 0. The standard InChI is InChI=1S/C22H25ClN6O2/c1-4-31-20-15(8-18(23)17(9-24)16(20)7-14-5-6-30-10-14)13(3)29-22-19(12(2)28-29)21(25)26-11-27-22/h8,11,13-14H,4-7,10H2,1-3H3,(H2,25,26,27)/t13-,14?/m0/s1. The van der Waals surface area contributed by atoms with Crippen LogP contribution in [0.4, 0.5) is 5.82 Å². The molecule has 2 N–H and O–H groups in total. The second-order valence-electron chi connectivity index (χ2n) is 7.77. The molecule has 4 rings (SSSR count). The number of aromatic nitrogens is 4. The summed E-state index contributed by atoms with van der Waals surface area (Å²) in [6, 6.07) is 3.82. The van der Waals surface area contributed by atoms with E-state index in [2.05, 4.69) is 21.1 Å². The Kier molecular flexibility index (Phi) is 5.99. The van der Waals surface area contributed by atoms with E-state index in [-0.39, 0.29) is 6.04 Å². The monoisotopic (exact) mass is 440 g/mol. The van der Waals surface area contributed by atoms with E-state index < -0.39 is 0 Å². The van der Waals surface area contributed by atoms with Gasteiger partial charge >= 0.3 is 0 Å². The van der Waals surface area contributed by atoms with Gasteiger partial charge in [0, 0.05) is 24.3 Å². The molecule has 162 valence electrons. The molecule has 0 amide bonds. The van der Waals surface area contributed by atoms with Gasteiger partial charge in [-0.3, -0.25) is 0 Å². The van der Waals surface area contributed by atoms with Crippen LogP contribution in [0.25, 0.3) is 11.0 Å². The molecule has 0 bridgehead atoms. The average Bonchev–Trinajstić information content (AvgIpc) is 3.38. The number of halogens is 1. The van der Waals surface area contributed by atoms with Crippen molar-refractivity contribution in [2.45, 2.75) is 39.7 Å². The van der Waals surface area contributed by atoms with Crippen LogP contribution < -0.4 is 10.5 Å². The molecular weight excluding hydrogens is 416 g/mol. The molecule has 0 aliphatic carbocycles. The molecule has 1 aliphatic heterocycles. The van der Waals surface area contributed by atoms with Crippen LogP contribution in [0.1, 0.15) is 48.7 Å². The van der Waals surface area contributed by atoms with Crippen molar-refractivity contribution in [3.05, 3.63) is 39.8 Å². The molecule has 1 fully saturated rings. The van der Waals surface area contributed by atoms with E-state index >= 15 is 0 Å². The van der Waals surface area contributed by atoms with Gasteiger partial charge < -0.3 is 15.2 Å². The molecule has 2 aromatic heterocycles. The Morgan fingerprint density at radius 1 is 1.45 bits per heavy atom. The minimum Gasteiger partial charge on any atom is -0.493 e. The van der Waals surface area contributed by atoms with Gasteiger partial charge in [-0.25, -0.2) is 14.6 Å². The van der Waals surface area contributed by atoms with Gasteiger partial charge in [-0.2, -0.15) is 10.4 Å². The van der Waals surface area contributed by atoms with Crippen LogP contribution in [0.3, 0.4) is 0 Å². The second-order valence-corrected chi connectivity index (χ2v) is 8.18. The van der Waals surface area contributed by atoms with Crippen molar-refractivity contribution in [2.24, 2.45) is 5.92 Å². The van der Waals surface area contributed by atoms with Crippen molar-refractivity contribution in [1.82, 2.24) is 19.7 Å². The highest BCUT2D eigenvalue weighted by molar-refractivity contribution is 6.32. The number of benzene rings is 1. The zero-order valence-electron chi connectivity index (χ0n) is 17.9. The molecule has 3 heterocycles. The minimum absolute atomic E-state index is 0.254. The summed E-state index contributed by atoms with van der Waals surface area (Å²) in [4.78, 5) is 8.50. The first-order valence-electron chi connectivity index (χ1n) is 10.4. The van der Waals surface area contributed by atoms with E-state index in [1.54, 1.807) is 6.07 Å². The number of aryl methyl sites for hydroxylation is 1. The van der Waals surface area contributed by atoms with Crippen molar-refractivity contribution in [2.75, 3.05) is 25.6 Å². The fraction of sp³-hybridized carbons (Fsp3) is 0.455. The lowest BCUT2D eigenvalue weighted by Gasteiger charge is -2.23. The van der Waals surface area contributed by atoms with Crippen molar-refractivity contribution in [3.8, 4) is 11.8 Å². The van der Waals surface area contributed by atoms with Crippen molar-refractivity contribution in [1.29, 1.82) is 5.26 Å². The second kappa shape index (κ2) is 8.69. The number of anilines is 1. The maximum absolute atomic E-state index is 9.82. The first-order chi connectivity index (χ1) is 15.0. The summed E-state index contributed by atoms with van der Waals surface area (Å²) >= 11 is 6.59. The van der Waals surface area contributed by atoms with Crippen LogP contribution in [-0.4, -0.2) is 39.6 Å². The van der Waals surface area contributed by atoms with E-state index in [1.165, 1.54) is 6.33 Å². The van der Waals surface area contributed by atoms with Gasteiger partial charge in [0.15, 0.2) is 5.65 Å². The number of nitriles is 1. The van der Waals surface area contributed by atoms with Gasteiger partial charge in [0.1, 0.15) is 24.0 Å². The van der Waals surface area contributed by atoms with Crippen LogP contribution in [-0.2, 0) is 11.2 Å². The summed E-state index contributed by atoms with van der Waals surface area (Å²) in [6.07, 6.45) is 3.06. The average molecular weight is 441 g/mol. The predicted molar refractivity (Wildman–Crippen MR) is 118 cm³/mol. The summed E-state index contributed by atoms with van der Waals surface area (Å²) in [5, 5.41) is 15.6. The number of nitrogens with two attached hydrogens (primary N) is 1. The first-order valence-corrected chi connectivity index (χ1v) is 10.7. The first kappa shape index (κ1) is 21.3. The van der Waals surface area contributed by atoms with Crippen LogP contribution in [0.5, 0.6) is 5.75 Å². The third-order valence-corrected chi connectivity index (χ3v) is 6.08. The van der Waals surface area contributed by atoms with Gasteiger partial charge in [-0.05, 0) is 45.6 Å². The normalized spacial score (nSPS) is 17.1. The number of hydrogen-bond acceptors (Lipinski definition) is 7. The molecule has 0 radical (unpaired) electrons. The number of fused-ring (bicyclic) bond motifs is 1. The fourth-order valence-electron chi connectivity index (χ4n) is 4.25. The van der Waals surface area contributed by atoms with Crippen LogP contribution in [0, 0.1) is 24.2 Å². The van der Waals surface area contributed by atoms with Crippen molar-refractivity contribution in [3.63, 3.8) is 0 Å². The SMILES string of the molecule is CCOc1c([C@H](C)n2nc(C)c3c(N)ncnc32)cc(Cl)c(C#N)c1CC1CCOC1. The Labute approximate surface area is 185 Å². The summed E-state index contributed by atoms with van der Waals surface area (Å²) in [5.74, 6) is 1.41. The van der Waals surface area contributed by atoms with E-state index in [0.717, 1.165) is 35.2 Å². The van der Waals surface area contributed by atoms with Gasteiger partial charge in [-0.1, -0.05) is 11.6 Å². The highest BCUT2D eigenvalue weighted by Gasteiger charge is 2.28. The molecule has 31 heavy (non-hydrogen) atoms. The highest BCUT2D eigenvalue weighted by Crippen LogP contribution is 2.40. The van der Waals surface area contributed by atoms with Gasteiger partial charge in [0.2, 0.25) is 0 Å². The van der Waals surface area contributed by atoms with E-state index in [1.807, 2.05) is 25.5 Å². The smallest absolute Gasteiger partial charge is 0.164 e. The molecule has 0 spiro atoms. The zero-order valence-corrected chi connectivity index (χ0v) is 18.6. The molecular formula is C22H25ClN6O2. The molecule has 0 saturated carbocycles. The van der Waals surface area contributed by atoms with Crippen molar-refractivity contribution >= 4 is 28.5 Å². The third-order valence-electron chi connectivity index (χ3n) is 5.79. The lowest BCUT2D eigenvalue weighted by molar-refractivity contribution is 0.185. The number of hydrogen-bond donors (Lipinski definition) is 1. The lowest BCUT2D eigenvalue weighted by Crippen LogP contribution is -2.15. The molecule has 9 heteroatoms. The topological polar surface area (TPSA) is 112 Å². The fourth-order valence-corrected chi connectivity index (χ4v) is 4.52. The molecule has 2 atom stereocenters. The Hall–Kier alpha value is -2.89. The number of nitrogens with zero attached hydrogens (tertiary/aromatic N) is 5. The summed E-state index contributed by atoms with van der Waals surface area (Å²) < 4.78 is 13.5. The Morgan fingerprint density at radius 2 is 2.26 bits per heavy atom. The number of nitrogen functional groups attached to an aromatic ring is 1. The van der Waals surface area contributed by atoms with Crippen LogP contribution in [0.15, 0.2) is 12.4 Å². The quantitative estimate of drug-likeness (QED) is 0.619. The Balaban J connectivity index is 1.89. The Morgan fingerprint density at radius 3 is 2.94 bits per heavy atom. The van der Waals surface area contributed by atoms with Crippen LogP contribution in [0.2, 0.25) is 5.02 Å². The van der Waals surface area contributed by atoms with Gasteiger partial charge in [0.25, 0.3) is 0 Å². The van der Waals surface area contributed by atoms with Crippen molar-refractivity contribution < 1.29 is 9.47 Å². The van der Waals surface area contributed by atoms with E-state index in [9.17, 15) is 5.26 Å². The molecule has 1 aliphatic rings. The number of rotatable bonds is 6. The zero-order chi connectivity index (χ0) is 22.1. The molecule has 1 aromatic carbocycles. The van der Waals surface area contributed by atoms with Crippen LogP contribution >= 0.6 is 11.6 Å². The molecule has 1 saturated heterocycles. The summed E-state index contributed by atoms with van der Waals surface area (Å²) in [6.45, 7) is 7.69. The van der Waals surface area contributed by atoms with Gasteiger partial charge in [-0.15, -0.1) is 0 Å². The molecule has 1 unspecified atom stereocenters. The summed E-state index contributed by atoms with van der Waals surface area (Å²) in [5.41, 5.74) is 9.60. The third kappa shape index (κ3) is 3.80.